The van der Waals surface area contributed by atoms with Crippen molar-refractivity contribution in [2.24, 2.45) is 0 Å². The van der Waals surface area contributed by atoms with E-state index < -0.39 is 24.3 Å². The van der Waals surface area contributed by atoms with Gasteiger partial charge in [0, 0.05) is 12.8 Å². The number of carbonyl (C=O) groups is 3. The van der Waals surface area contributed by atoms with E-state index in [0.29, 0.717) is 23.9 Å². The topological polar surface area (TPSA) is 111 Å². The van der Waals surface area contributed by atoms with Gasteiger partial charge in [0.15, 0.2) is 12.4 Å². The summed E-state index contributed by atoms with van der Waals surface area (Å²) in [7, 11) is 5.94. The molecule has 2 unspecified atom stereocenters. The van der Waals surface area contributed by atoms with E-state index in [9.17, 15) is 19.5 Å². The Balaban J connectivity index is 4.05. The van der Waals surface area contributed by atoms with E-state index in [2.05, 4.69) is 86.8 Å². The molecule has 0 fully saturated rings. The van der Waals surface area contributed by atoms with Crippen LogP contribution in [-0.2, 0) is 33.3 Å². The van der Waals surface area contributed by atoms with Crippen molar-refractivity contribution < 1.29 is 42.9 Å². The van der Waals surface area contributed by atoms with Crippen LogP contribution in [0.1, 0.15) is 335 Å². The Labute approximate surface area is 526 Å². The quantitative estimate of drug-likeness (QED) is 0.0195. The highest BCUT2D eigenvalue weighted by atomic mass is 16.7. The molecule has 0 heterocycles. The lowest BCUT2D eigenvalue weighted by molar-refractivity contribution is -0.870. The molecular formula is C76H137NO8. The second kappa shape index (κ2) is 66.7. The van der Waals surface area contributed by atoms with Gasteiger partial charge < -0.3 is 33.3 Å². The summed E-state index contributed by atoms with van der Waals surface area (Å²) in [6.07, 6.45) is 85.6. The molecule has 0 aliphatic rings. The highest BCUT2D eigenvalue weighted by molar-refractivity contribution is 5.70. The molecule has 85 heavy (non-hydrogen) atoms. The molecule has 9 heteroatoms. The third-order valence-corrected chi connectivity index (χ3v) is 15.9. The van der Waals surface area contributed by atoms with Crippen LogP contribution in [0.3, 0.4) is 0 Å². The van der Waals surface area contributed by atoms with Crippen molar-refractivity contribution >= 4 is 17.9 Å². The van der Waals surface area contributed by atoms with Crippen molar-refractivity contribution in [1.82, 2.24) is 0 Å². The van der Waals surface area contributed by atoms with Crippen molar-refractivity contribution in [2.75, 3.05) is 47.5 Å². The predicted molar refractivity (Wildman–Crippen MR) is 361 cm³/mol. The van der Waals surface area contributed by atoms with Crippen LogP contribution in [0.25, 0.3) is 0 Å². The summed E-state index contributed by atoms with van der Waals surface area (Å²) in [5, 5.41) is 11.8. The third-order valence-electron chi connectivity index (χ3n) is 15.9. The number of allylic oxidation sites excluding steroid dienone is 12. The van der Waals surface area contributed by atoms with E-state index in [1.54, 1.807) is 0 Å². The van der Waals surface area contributed by atoms with Gasteiger partial charge in [-0.2, -0.15) is 0 Å². The van der Waals surface area contributed by atoms with E-state index in [-0.39, 0.29) is 32.2 Å². The summed E-state index contributed by atoms with van der Waals surface area (Å²) in [5.41, 5.74) is 0. The van der Waals surface area contributed by atoms with Crippen LogP contribution in [0.4, 0.5) is 0 Å². The molecular weight excluding hydrogens is 1050 g/mol. The van der Waals surface area contributed by atoms with Crippen molar-refractivity contribution in [3.05, 3.63) is 72.9 Å². The summed E-state index contributed by atoms with van der Waals surface area (Å²) >= 11 is 0. The van der Waals surface area contributed by atoms with Crippen LogP contribution in [0, 0.1) is 0 Å². The number of rotatable bonds is 67. The molecule has 0 aromatic heterocycles. The SMILES string of the molecule is CC/C=C\C/C=C\C/C=C\C/C=C\C/C=C\CCCCCCCCCCCCCCCCCCCCCC(=O)OC(COC(=O)CCCCCCCCCCCCCCC/C=C\CCCCCCCCCC)COC(OCC[N+](C)(C)C)C(=O)[O-]. The maximum absolute atomic E-state index is 12.9. The summed E-state index contributed by atoms with van der Waals surface area (Å²) in [6, 6.07) is 0. The number of likely N-dealkylation sites (N-methyl/N-ethyl adjacent to an activating group) is 1. The molecule has 9 nitrogen and oxygen atoms in total. The summed E-state index contributed by atoms with van der Waals surface area (Å²) in [4.78, 5) is 37.5. The minimum Gasteiger partial charge on any atom is -0.545 e. The molecule has 0 bridgehead atoms. The lowest BCUT2D eigenvalue weighted by Gasteiger charge is -2.26. The first-order chi connectivity index (χ1) is 41.6. The highest BCUT2D eigenvalue weighted by Gasteiger charge is 2.22. The zero-order valence-corrected chi connectivity index (χ0v) is 56.5. The van der Waals surface area contributed by atoms with Crippen LogP contribution < -0.4 is 5.11 Å². The van der Waals surface area contributed by atoms with Gasteiger partial charge in [0.2, 0.25) is 0 Å². The first kappa shape index (κ1) is 81.7. The lowest BCUT2D eigenvalue weighted by Crippen LogP contribution is -2.44. The summed E-state index contributed by atoms with van der Waals surface area (Å²) in [6.45, 7) is 4.68. The molecule has 494 valence electrons. The fourth-order valence-electron chi connectivity index (χ4n) is 10.4. The number of esters is 2. The molecule has 0 aromatic carbocycles. The number of carboxylic acids is 1. The van der Waals surface area contributed by atoms with E-state index in [4.69, 9.17) is 18.9 Å². The van der Waals surface area contributed by atoms with Gasteiger partial charge in [-0.1, -0.05) is 311 Å². The largest absolute Gasteiger partial charge is 0.545 e. The number of quaternary nitrogens is 1. The number of ether oxygens (including phenoxy) is 4. The van der Waals surface area contributed by atoms with Gasteiger partial charge in [0.1, 0.15) is 13.2 Å². The van der Waals surface area contributed by atoms with Crippen LogP contribution >= 0.6 is 0 Å². The summed E-state index contributed by atoms with van der Waals surface area (Å²) in [5.74, 6) is -2.26. The Morgan fingerprint density at radius 3 is 1.01 bits per heavy atom. The Morgan fingerprint density at radius 1 is 0.365 bits per heavy atom. The second-order valence-electron chi connectivity index (χ2n) is 25.5. The van der Waals surface area contributed by atoms with Crippen LogP contribution in [0.2, 0.25) is 0 Å². The Kier molecular flexibility index (Phi) is 64.1. The lowest BCUT2D eigenvalue weighted by atomic mass is 10.0. The van der Waals surface area contributed by atoms with Crippen LogP contribution in [0.15, 0.2) is 72.9 Å². The molecule has 0 N–H and O–H groups in total. The zero-order valence-electron chi connectivity index (χ0n) is 56.5. The summed E-state index contributed by atoms with van der Waals surface area (Å²) < 4.78 is 22.8. The molecule has 0 rings (SSSR count). The zero-order chi connectivity index (χ0) is 61.9. The standard InChI is InChI=1S/C76H137NO8/c1-6-8-10-12-14-16-18-20-22-24-26-28-30-32-33-34-35-36-37-38-39-40-41-43-45-47-49-51-53-55-57-59-61-63-65-67-74(79)85-72(71-84-76(75(80)81)82-69-68-77(3,4)5)70-83-73(78)66-64-62-60-58-56-54-52-50-48-46-44-42-31-29-27-25-23-21-19-17-15-13-11-9-7-2/h8,10,14,16,20,22,25-28,32-33,72,76H,6-7,9,11-13,15,17-19,21,23-24,29-31,34-71H2,1-5H3/b10-8-,16-14-,22-20-,27-25-,28-26-,33-32-. The van der Waals surface area contributed by atoms with Gasteiger partial charge in [-0.3, -0.25) is 9.59 Å². The second-order valence-corrected chi connectivity index (χ2v) is 25.5. The number of carbonyl (C=O) groups excluding carboxylic acids is 3. The van der Waals surface area contributed by atoms with E-state index in [1.165, 1.54) is 238 Å². The Hall–Kier alpha value is -3.27. The van der Waals surface area contributed by atoms with Crippen molar-refractivity contribution in [2.45, 2.75) is 347 Å². The fraction of sp³-hybridized carbons (Fsp3) is 0.803. The number of carboxylic acid groups (broad SMARTS) is 1. The van der Waals surface area contributed by atoms with E-state index >= 15 is 0 Å². The third kappa shape index (κ3) is 68.1. The molecule has 0 spiro atoms. The average Bonchev–Trinajstić information content (AvgIpc) is 3.48. The van der Waals surface area contributed by atoms with Gasteiger partial charge in [-0.25, -0.2) is 0 Å². The minimum atomic E-state index is -1.62. The predicted octanol–water partition coefficient (Wildman–Crippen LogP) is 21.1. The van der Waals surface area contributed by atoms with Gasteiger partial charge >= 0.3 is 11.9 Å². The maximum Gasteiger partial charge on any atom is 0.306 e. The molecule has 0 aliphatic carbocycles. The molecule has 0 aliphatic heterocycles. The van der Waals surface area contributed by atoms with Gasteiger partial charge in [-0.05, 0) is 83.5 Å². The van der Waals surface area contributed by atoms with E-state index in [1.807, 2.05) is 21.1 Å². The maximum atomic E-state index is 12.9. The van der Waals surface area contributed by atoms with Crippen LogP contribution in [0.5, 0.6) is 0 Å². The Morgan fingerprint density at radius 2 is 0.671 bits per heavy atom. The van der Waals surface area contributed by atoms with Crippen LogP contribution in [-0.4, -0.2) is 82.3 Å². The molecule has 2 atom stereocenters. The minimum absolute atomic E-state index is 0.148. The number of aliphatic carboxylic acids is 1. The molecule has 0 amide bonds. The number of hydrogen-bond acceptors (Lipinski definition) is 8. The highest BCUT2D eigenvalue weighted by Crippen LogP contribution is 2.18. The monoisotopic (exact) mass is 1190 g/mol. The van der Waals surface area contributed by atoms with E-state index in [0.717, 1.165) is 64.2 Å². The normalized spacial score (nSPS) is 13.1. The molecule has 0 saturated carbocycles. The number of unbranched alkanes of at least 4 members (excludes halogenated alkanes) is 40. The average molecular weight is 1190 g/mol. The smallest absolute Gasteiger partial charge is 0.306 e. The number of hydrogen-bond donors (Lipinski definition) is 0. The van der Waals surface area contributed by atoms with Crippen molar-refractivity contribution in [1.29, 1.82) is 0 Å². The fourth-order valence-corrected chi connectivity index (χ4v) is 10.4. The molecule has 0 radical (unpaired) electrons. The number of nitrogens with zero attached hydrogens (tertiary/aromatic N) is 1. The van der Waals surface area contributed by atoms with Gasteiger partial charge in [0.05, 0.1) is 40.3 Å². The first-order valence-corrected chi connectivity index (χ1v) is 36.1. The van der Waals surface area contributed by atoms with Crippen molar-refractivity contribution in [3.8, 4) is 0 Å². The molecule has 0 aromatic rings. The Bertz CT molecular complexity index is 1620. The van der Waals surface area contributed by atoms with Gasteiger partial charge in [0.25, 0.3) is 0 Å². The first-order valence-electron chi connectivity index (χ1n) is 36.1. The van der Waals surface area contributed by atoms with Crippen molar-refractivity contribution in [3.63, 3.8) is 0 Å². The van der Waals surface area contributed by atoms with Gasteiger partial charge in [-0.15, -0.1) is 0 Å². The molecule has 0 saturated heterocycles.